The van der Waals surface area contributed by atoms with E-state index >= 15 is 0 Å². The first kappa shape index (κ1) is 58.2. The molecule has 1 aliphatic rings. The summed E-state index contributed by atoms with van der Waals surface area (Å²) in [6.07, 6.45) is -29.6. The molecule has 10 atom stereocenters. The van der Waals surface area contributed by atoms with E-state index < -0.39 is 154 Å². The summed E-state index contributed by atoms with van der Waals surface area (Å²) in [7, 11) is 0. The normalized spacial score (nSPS) is 22.3. The summed E-state index contributed by atoms with van der Waals surface area (Å²) >= 11 is 0. The van der Waals surface area contributed by atoms with Crippen LogP contribution in [0.2, 0.25) is 0 Å². The fourth-order valence-electron chi connectivity index (χ4n) is 6.66. The van der Waals surface area contributed by atoms with E-state index in [9.17, 15) is 112 Å². The van der Waals surface area contributed by atoms with Crippen LogP contribution < -0.4 is 16.0 Å². The molecule has 2 aromatic rings. The van der Waals surface area contributed by atoms with Crippen molar-refractivity contribution in [2.45, 2.75) is 142 Å². The molecule has 0 aliphatic carbocycles. The van der Waals surface area contributed by atoms with Crippen molar-refractivity contribution in [2.75, 3.05) is 26.3 Å². The average molecular weight is 1020 g/mol. The molecule has 12 N–H and O–H groups in total. The van der Waals surface area contributed by atoms with Crippen LogP contribution in [0.5, 0.6) is 0 Å². The number of carbonyl (C=O) groups is 3. The molecule has 1 aliphatic heterocycles. The zero-order valence-electron chi connectivity index (χ0n) is 35.0. The molecule has 3 rings (SSSR count). The Balaban J connectivity index is 1.77. The number of benzene rings is 1. The van der Waals surface area contributed by atoms with Gasteiger partial charge in [0.1, 0.15) is 36.6 Å². The van der Waals surface area contributed by atoms with E-state index in [4.69, 9.17) is 9.47 Å². The largest absolute Gasteiger partial charge is 0.460 e. The van der Waals surface area contributed by atoms with E-state index in [1.165, 1.54) is 5.32 Å². The molecule has 2 heterocycles. The molecule has 0 radical (unpaired) electrons. The van der Waals surface area contributed by atoms with Gasteiger partial charge in [-0.1, -0.05) is 18.2 Å². The Bertz CT molecular complexity index is 1960. The van der Waals surface area contributed by atoms with Crippen LogP contribution in [-0.2, 0) is 30.3 Å². The molecular formula is C38H49F13N4O13. The fourth-order valence-corrected chi connectivity index (χ4v) is 6.66. The van der Waals surface area contributed by atoms with Gasteiger partial charge in [-0.2, -0.15) is 57.1 Å². The molecule has 0 spiro atoms. The van der Waals surface area contributed by atoms with Crippen LogP contribution >= 0.6 is 0 Å². The van der Waals surface area contributed by atoms with Crippen molar-refractivity contribution in [3.8, 4) is 0 Å². The lowest BCUT2D eigenvalue weighted by atomic mass is 9.92. The zero-order valence-corrected chi connectivity index (χ0v) is 35.0. The molecule has 30 heteroatoms. The van der Waals surface area contributed by atoms with E-state index in [1.54, 1.807) is 24.4 Å². The lowest BCUT2D eigenvalue weighted by molar-refractivity contribution is -0.440. The Kier molecular flexibility index (Phi) is 19.8. The molecule has 68 heavy (non-hydrogen) atoms. The third kappa shape index (κ3) is 13.0. The number of aromatic nitrogens is 1. The molecule has 1 unspecified atom stereocenters. The number of halogens is 13. The summed E-state index contributed by atoms with van der Waals surface area (Å²) in [6.45, 7) is -4.15. The van der Waals surface area contributed by atoms with Crippen molar-refractivity contribution in [3.05, 3.63) is 36.0 Å². The SMILES string of the molecule is O=C(CCc1c[nH]c2ccccc12)NCCCCC(NC(=O)[C@H](O)[C@H](O)[C@@H](C[C@H](O)CO)O[C@@H]1O[C@H](CO)[C@H](O)[C@H](O)[C@H]1O)C(=O)NCCC(F)(F)C(F)(F)C(F)(F)C(F)(F)C(F)(F)C(F)(F)F. The number of nitrogens with one attached hydrogen (secondary N) is 4. The minimum Gasteiger partial charge on any atom is -0.394 e. The predicted octanol–water partition coefficient (Wildman–Crippen LogP) is 0.767. The van der Waals surface area contributed by atoms with E-state index in [0.717, 1.165) is 16.5 Å². The van der Waals surface area contributed by atoms with Crippen molar-refractivity contribution in [2.24, 2.45) is 0 Å². The van der Waals surface area contributed by atoms with Gasteiger partial charge in [-0.05, 0) is 37.3 Å². The fraction of sp³-hybridized carbons (Fsp3) is 0.711. The third-order valence-corrected chi connectivity index (χ3v) is 10.8. The zero-order chi connectivity index (χ0) is 51.8. The molecule has 3 amide bonds. The number of hydrogen-bond acceptors (Lipinski definition) is 13. The highest BCUT2D eigenvalue weighted by Gasteiger charge is 2.90. The lowest BCUT2D eigenvalue weighted by Crippen LogP contribution is -2.70. The number of carbonyl (C=O) groups excluding carboxylic acids is 3. The molecule has 1 fully saturated rings. The number of aliphatic hydroxyl groups excluding tert-OH is 8. The van der Waals surface area contributed by atoms with Crippen molar-refractivity contribution in [1.29, 1.82) is 0 Å². The monoisotopic (exact) mass is 1020 g/mol. The Morgan fingerprint density at radius 2 is 1.38 bits per heavy atom. The molecule has 1 aromatic heterocycles. The van der Waals surface area contributed by atoms with Crippen molar-refractivity contribution in [3.63, 3.8) is 0 Å². The maximum Gasteiger partial charge on any atom is 0.460 e. The van der Waals surface area contributed by atoms with Crippen molar-refractivity contribution < 1.29 is 122 Å². The van der Waals surface area contributed by atoms with Gasteiger partial charge in [0.15, 0.2) is 12.4 Å². The standard InChI is InChI=1S/C38H49F13N4O13/c39-33(40,34(41,42)35(43,44)36(45,46)37(47,48)38(49,50)51)10-12-53-30(65)21(7-3-4-11-52-24(59)9-8-17-14-54-20-6-2-1-5-19(17)20)55-31(66)28(63)25(60)22(13-18(58)15-56)67-32-29(64)27(62)26(61)23(16-57)68-32/h1-2,5-6,14,18,21-23,25-29,32,54,56-58,60-64H,3-4,7-13,15-16H2,(H,52,59)(H,53,65)(H,55,66)/t18-,21?,22+,23+,25+,26-,27-,28+,29+,32+/m0/s1. The summed E-state index contributed by atoms with van der Waals surface area (Å²) in [4.78, 5) is 41.9. The first-order chi connectivity index (χ1) is 31.3. The topological polar surface area (TPSA) is 283 Å². The van der Waals surface area contributed by atoms with Gasteiger partial charge < -0.3 is 71.3 Å². The number of rotatable bonds is 26. The number of aryl methyl sites for hydroxylation is 1. The number of fused-ring (bicyclic) bond motifs is 1. The maximum atomic E-state index is 14.5. The minimum absolute atomic E-state index is 0.0163. The molecule has 0 saturated carbocycles. The Morgan fingerprint density at radius 1 is 0.765 bits per heavy atom. The molecular weight excluding hydrogens is 967 g/mol. The van der Waals surface area contributed by atoms with Gasteiger partial charge in [0, 0.05) is 49.5 Å². The van der Waals surface area contributed by atoms with Crippen LogP contribution in [0.3, 0.4) is 0 Å². The number of aromatic amines is 1. The Hall–Kier alpha value is -4.14. The second-order valence-corrected chi connectivity index (χ2v) is 15.7. The van der Waals surface area contributed by atoms with Crippen LogP contribution in [0, 0.1) is 0 Å². The van der Waals surface area contributed by atoms with Crippen molar-refractivity contribution in [1.82, 2.24) is 20.9 Å². The van der Waals surface area contributed by atoms with Gasteiger partial charge in [0.2, 0.25) is 11.8 Å². The number of para-hydroxylation sites is 1. The smallest absolute Gasteiger partial charge is 0.394 e. The number of unbranched alkanes of at least 4 members (excludes halogenated alkanes) is 1. The van der Waals surface area contributed by atoms with Gasteiger partial charge in [-0.25, -0.2) is 0 Å². The molecule has 0 bridgehead atoms. The summed E-state index contributed by atoms with van der Waals surface area (Å²) in [6, 6.07) is 5.06. The predicted molar refractivity (Wildman–Crippen MR) is 202 cm³/mol. The highest BCUT2D eigenvalue weighted by Crippen LogP contribution is 2.60. The molecule has 390 valence electrons. The van der Waals surface area contributed by atoms with E-state index in [-0.39, 0.29) is 32.2 Å². The number of amides is 3. The van der Waals surface area contributed by atoms with E-state index in [1.807, 2.05) is 11.4 Å². The van der Waals surface area contributed by atoms with Crippen LogP contribution in [0.1, 0.15) is 44.1 Å². The highest BCUT2D eigenvalue weighted by molar-refractivity contribution is 5.89. The second-order valence-electron chi connectivity index (χ2n) is 15.7. The first-order valence-corrected chi connectivity index (χ1v) is 20.3. The van der Waals surface area contributed by atoms with Crippen LogP contribution in [0.4, 0.5) is 57.1 Å². The summed E-state index contributed by atoms with van der Waals surface area (Å²) in [5.74, 6) is -42.4. The van der Waals surface area contributed by atoms with Crippen LogP contribution in [-0.4, -0.2) is 187 Å². The third-order valence-electron chi connectivity index (χ3n) is 10.8. The Labute approximate surface area is 375 Å². The van der Waals surface area contributed by atoms with E-state index in [0.29, 0.717) is 0 Å². The number of aliphatic hydroxyl groups is 8. The quantitative estimate of drug-likeness (QED) is 0.0459. The van der Waals surface area contributed by atoms with Gasteiger partial charge in [-0.15, -0.1) is 0 Å². The minimum atomic E-state index is -8.17. The Morgan fingerprint density at radius 3 is 1.99 bits per heavy atom. The van der Waals surface area contributed by atoms with E-state index in [2.05, 4.69) is 10.3 Å². The van der Waals surface area contributed by atoms with Gasteiger partial charge in [0.05, 0.1) is 25.4 Å². The van der Waals surface area contributed by atoms with Crippen LogP contribution in [0.15, 0.2) is 30.5 Å². The first-order valence-electron chi connectivity index (χ1n) is 20.3. The summed E-state index contributed by atoms with van der Waals surface area (Å²) in [5.41, 5.74) is 1.61. The highest BCUT2D eigenvalue weighted by atomic mass is 19.4. The molecule has 1 aromatic carbocycles. The second kappa shape index (κ2) is 23.2. The average Bonchev–Trinajstić information content (AvgIpc) is 3.69. The molecule has 17 nitrogen and oxygen atoms in total. The number of H-pyrrole nitrogens is 1. The van der Waals surface area contributed by atoms with Gasteiger partial charge >= 0.3 is 35.8 Å². The number of alkyl halides is 13. The van der Waals surface area contributed by atoms with Crippen molar-refractivity contribution >= 4 is 28.6 Å². The van der Waals surface area contributed by atoms with Crippen LogP contribution in [0.25, 0.3) is 10.9 Å². The summed E-state index contributed by atoms with van der Waals surface area (Å²) in [5, 5.41) is 87.7. The lowest BCUT2D eigenvalue weighted by Gasteiger charge is -2.41. The number of ether oxygens (including phenoxy) is 2. The van der Waals surface area contributed by atoms with Gasteiger partial charge in [0.25, 0.3) is 5.91 Å². The summed E-state index contributed by atoms with van der Waals surface area (Å²) < 4.78 is 187. The van der Waals surface area contributed by atoms with Gasteiger partial charge in [-0.3, -0.25) is 14.4 Å². The maximum absolute atomic E-state index is 14.5. The number of hydrogen-bond donors (Lipinski definition) is 12. The molecule has 1 saturated heterocycles.